The molecule has 1 aromatic heterocycles. The minimum Gasteiger partial charge on any atom is -0.484 e. The van der Waals surface area contributed by atoms with E-state index in [0.717, 1.165) is 12.8 Å². The fourth-order valence-corrected chi connectivity index (χ4v) is 4.36. The summed E-state index contributed by atoms with van der Waals surface area (Å²) in [6, 6.07) is 14.6. The number of aromatic nitrogens is 3. The summed E-state index contributed by atoms with van der Waals surface area (Å²) in [4.78, 5) is 24.6. The second-order valence-corrected chi connectivity index (χ2v) is 9.29. The molecule has 9 heteroatoms. The van der Waals surface area contributed by atoms with E-state index in [2.05, 4.69) is 20.1 Å². The maximum atomic E-state index is 12.8. The number of ether oxygens (including phenoxy) is 1. The highest BCUT2D eigenvalue weighted by molar-refractivity contribution is 8.00. The zero-order valence-electron chi connectivity index (χ0n) is 17.7. The van der Waals surface area contributed by atoms with E-state index in [-0.39, 0.29) is 18.3 Å². The summed E-state index contributed by atoms with van der Waals surface area (Å²) in [6.45, 7) is 3.52. The third-order valence-corrected chi connectivity index (χ3v) is 6.43. The van der Waals surface area contributed by atoms with Gasteiger partial charge in [-0.3, -0.25) is 14.2 Å². The van der Waals surface area contributed by atoms with Gasteiger partial charge in [-0.15, -0.1) is 10.2 Å². The highest BCUT2D eigenvalue weighted by atomic mass is 35.5. The van der Waals surface area contributed by atoms with Gasteiger partial charge in [0.25, 0.3) is 0 Å². The van der Waals surface area contributed by atoms with Crippen LogP contribution in [0.3, 0.4) is 0 Å². The first-order chi connectivity index (χ1) is 15.4. The average molecular weight is 471 g/mol. The first-order valence-electron chi connectivity index (χ1n) is 10.3. The molecule has 32 heavy (non-hydrogen) atoms. The van der Waals surface area contributed by atoms with Crippen LogP contribution < -0.4 is 10.1 Å². The molecule has 0 unspecified atom stereocenters. The highest BCUT2D eigenvalue weighted by Crippen LogP contribution is 2.40. The Balaban J connectivity index is 1.45. The fraction of sp³-hybridized carbons (Fsp3) is 0.304. The van der Waals surface area contributed by atoms with Gasteiger partial charge >= 0.3 is 0 Å². The van der Waals surface area contributed by atoms with Crippen LogP contribution in [0, 0.1) is 0 Å². The zero-order valence-corrected chi connectivity index (χ0v) is 19.3. The van der Waals surface area contributed by atoms with Crippen LogP contribution in [0.4, 0.5) is 5.69 Å². The Labute approximate surface area is 195 Å². The number of nitrogens with one attached hydrogen (secondary N) is 1. The third kappa shape index (κ3) is 5.14. The Hall–Kier alpha value is -2.84. The van der Waals surface area contributed by atoms with E-state index >= 15 is 0 Å². The van der Waals surface area contributed by atoms with Crippen molar-refractivity contribution in [2.45, 2.75) is 49.7 Å². The predicted molar refractivity (Wildman–Crippen MR) is 124 cm³/mol. The molecule has 1 N–H and O–H groups in total. The van der Waals surface area contributed by atoms with Gasteiger partial charge in [0, 0.05) is 11.6 Å². The largest absolute Gasteiger partial charge is 0.484 e. The van der Waals surface area contributed by atoms with Crippen LogP contribution in [-0.4, -0.2) is 31.7 Å². The molecule has 166 valence electrons. The van der Waals surface area contributed by atoms with Crippen molar-refractivity contribution in [3.63, 3.8) is 0 Å². The van der Waals surface area contributed by atoms with Crippen molar-refractivity contribution < 1.29 is 14.3 Å². The van der Waals surface area contributed by atoms with Crippen LogP contribution in [0.5, 0.6) is 5.75 Å². The molecular weight excluding hydrogens is 448 g/mol. The summed E-state index contributed by atoms with van der Waals surface area (Å²) in [7, 11) is 0. The van der Waals surface area contributed by atoms with Crippen molar-refractivity contribution in [3.8, 4) is 5.75 Å². The number of amides is 1. The zero-order chi connectivity index (χ0) is 22.7. The van der Waals surface area contributed by atoms with Crippen LogP contribution in [-0.2, 0) is 11.4 Å². The number of Topliss-reactive ketones (excluding diaryl/α,β-unsaturated/α-hetero) is 1. The van der Waals surface area contributed by atoms with Crippen molar-refractivity contribution >= 4 is 40.7 Å². The number of benzene rings is 2. The van der Waals surface area contributed by atoms with Gasteiger partial charge in [-0.05, 0) is 51.0 Å². The molecule has 0 aliphatic heterocycles. The van der Waals surface area contributed by atoms with Crippen LogP contribution in [0.15, 0.2) is 53.7 Å². The Kier molecular flexibility index (Phi) is 6.81. The molecule has 2 aromatic carbocycles. The molecule has 0 spiro atoms. The number of anilines is 1. The molecule has 1 atom stereocenters. The van der Waals surface area contributed by atoms with Crippen LogP contribution in [0.2, 0.25) is 5.02 Å². The molecule has 1 fully saturated rings. The van der Waals surface area contributed by atoms with Crippen molar-refractivity contribution in [3.05, 3.63) is 64.9 Å². The quantitative estimate of drug-likeness (QED) is 0.343. The maximum absolute atomic E-state index is 12.8. The van der Waals surface area contributed by atoms with Gasteiger partial charge in [-0.2, -0.15) is 0 Å². The number of nitrogens with zero attached hydrogens (tertiary/aromatic N) is 3. The van der Waals surface area contributed by atoms with Crippen molar-refractivity contribution in [1.82, 2.24) is 14.8 Å². The minimum absolute atomic E-state index is 0.0992. The molecular formula is C23H23ClN4O3S. The number of para-hydroxylation sites is 2. The van der Waals surface area contributed by atoms with Crippen molar-refractivity contribution in [2.75, 3.05) is 5.32 Å². The molecule has 0 saturated heterocycles. The van der Waals surface area contributed by atoms with E-state index in [4.69, 9.17) is 16.3 Å². The minimum atomic E-state index is -0.436. The first-order valence-corrected chi connectivity index (χ1v) is 11.6. The summed E-state index contributed by atoms with van der Waals surface area (Å²) >= 11 is 7.51. The van der Waals surface area contributed by atoms with Crippen molar-refractivity contribution in [2.24, 2.45) is 0 Å². The predicted octanol–water partition coefficient (Wildman–Crippen LogP) is 5.17. The lowest BCUT2D eigenvalue weighted by Gasteiger charge is -2.15. The normalized spacial score (nSPS) is 14.1. The molecule has 1 amide bonds. The molecule has 0 bridgehead atoms. The molecule has 1 saturated carbocycles. The first kappa shape index (κ1) is 22.4. The summed E-state index contributed by atoms with van der Waals surface area (Å²) in [5, 5.41) is 12.3. The number of ketones is 1. The van der Waals surface area contributed by atoms with E-state index in [0.29, 0.717) is 39.0 Å². The Bertz CT molecular complexity index is 1150. The van der Waals surface area contributed by atoms with Gasteiger partial charge < -0.3 is 10.1 Å². The molecule has 0 radical (unpaired) electrons. The average Bonchev–Trinajstić information content (AvgIpc) is 3.54. The lowest BCUT2D eigenvalue weighted by Crippen LogP contribution is -2.24. The smallest absolute Gasteiger partial charge is 0.237 e. The number of carbonyl (C=O) groups is 2. The number of halogens is 1. The monoisotopic (exact) mass is 470 g/mol. The lowest BCUT2D eigenvalue weighted by atomic mass is 10.1. The van der Waals surface area contributed by atoms with Gasteiger partial charge in [0.15, 0.2) is 16.8 Å². The van der Waals surface area contributed by atoms with Gasteiger partial charge in [-0.1, -0.05) is 47.6 Å². The number of carbonyl (C=O) groups excluding carboxylic acids is 2. The second kappa shape index (κ2) is 9.75. The highest BCUT2D eigenvalue weighted by Gasteiger charge is 2.31. The lowest BCUT2D eigenvalue weighted by molar-refractivity contribution is -0.115. The molecule has 3 aromatic rings. The SMILES string of the molecule is CC(=O)c1ccccc1NC(=O)[C@@H](C)Sc1nnc(COc2ccccc2Cl)n1C1CC1. The van der Waals surface area contributed by atoms with E-state index in [1.807, 2.05) is 19.1 Å². The summed E-state index contributed by atoms with van der Waals surface area (Å²) < 4.78 is 7.90. The third-order valence-electron chi connectivity index (χ3n) is 5.06. The number of thioether (sulfide) groups is 1. The summed E-state index contributed by atoms with van der Waals surface area (Å²) in [6.07, 6.45) is 2.08. The van der Waals surface area contributed by atoms with E-state index in [1.165, 1.54) is 18.7 Å². The Morgan fingerprint density at radius 1 is 1.19 bits per heavy atom. The molecule has 4 rings (SSSR count). The topological polar surface area (TPSA) is 86.1 Å². The van der Waals surface area contributed by atoms with Crippen LogP contribution in [0.25, 0.3) is 0 Å². The van der Waals surface area contributed by atoms with E-state index in [1.54, 1.807) is 36.4 Å². The number of hydrogen-bond donors (Lipinski definition) is 1. The van der Waals surface area contributed by atoms with Crippen molar-refractivity contribution in [1.29, 1.82) is 0 Å². The maximum Gasteiger partial charge on any atom is 0.237 e. The van der Waals surface area contributed by atoms with Crippen LogP contribution >= 0.6 is 23.4 Å². The number of hydrogen-bond acceptors (Lipinski definition) is 6. The molecule has 7 nitrogen and oxygen atoms in total. The molecule has 1 aliphatic rings. The fourth-order valence-electron chi connectivity index (χ4n) is 3.23. The Morgan fingerprint density at radius 3 is 2.62 bits per heavy atom. The number of rotatable bonds is 9. The second-order valence-electron chi connectivity index (χ2n) is 7.57. The Morgan fingerprint density at radius 2 is 1.91 bits per heavy atom. The molecule has 1 heterocycles. The van der Waals surface area contributed by atoms with Gasteiger partial charge in [-0.25, -0.2) is 0 Å². The standard InChI is InChI=1S/C23H23ClN4O3S/c1-14(29)17-7-3-5-9-19(17)25-22(30)15(2)32-23-27-26-21(28(23)16-11-12-16)13-31-20-10-6-4-8-18(20)24/h3-10,15-16H,11-13H2,1-2H3,(H,25,30)/t15-/m1/s1. The van der Waals surface area contributed by atoms with Gasteiger partial charge in [0.2, 0.25) is 5.91 Å². The van der Waals surface area contributed by atoms with Gasteiger partial charge in [0.1, 0.15) is 12.4 Å². The van der Waals surface area contributed by atoms with E-state index < -0.39 is 5.25 Å². The van der Waals surface area contributed by atoms with Gasteiger partial charge in [0.05, 0.1) is 16.0 Å². The molecule has 1 aliphatic carbocycles. The summed E-state index contributed by atoms with van der Waals surface area (Å²) in [5.74, 6) is 0.982. The summed E-state index contributed by atoms with van der Waals surface area (Å²) in [5.41, 5.74) is 0.994. The van der Waals surface area contributed by atoms with Crippen LogP contribution in [0.1, 0.15) is 48.9 Å². The van der Waals surface area contributed by atoms with E-state index in [9.17, 15) is 9.59 Å².